The monoisotopic (exact) mass is 300 g/mol. The molecule has 0 bridgehead atoms. The zero-order valence-electron chi connectivity index (χ0n) is 11.5. The van der Waals surface area contributed by atoms with Crippen LogP contribution in [-0.2, 0) is 4.74 Å². The highest BCUT2D eigenvalue weighted by Crippen LogP contribution is 2.43. The molecule has 2 unspecified atom stereocenters. The standard InChI is InChI=1S/C17H16N2O.ClH/c1-2-6-12(7-3-1)13-8-4-5-9-14(13)15-16(20-15)17-18-10-11-19-17;/h1-9,15-16H,10-11H2,(H,18,19);1H. The largest absolute Gasteiger partial charge is 0.370 e. The van der Waals surface area contributed by atoms with Gasteiger partial charge in [0.05, 0.1) is 6.54 Å². The van der Waals surface area contributed by atoms with E-state index in [1.165, 1.54) is 16.7 Å². The number of amidine groups is 1. The summed E-state index contributed by atoms with van der Waals surface area (Å²) in [6, 6.07) is 18.9. The first-order valence-corrected chi connectivity index (χ1v) is 7.01. The molecule has 0 saturated carbocycles. The number of aliphatic imine (C=N–C) groups is 1. The summed E-state index contributed by atoms with van der Waals surface area (Å²) in [7, 11) is 0. The molecule has 108 valence electrons. The second-order valence-electron chi connectivity index (χ2n) is 5.12. The molecule has 1 N–H and O–H groups in total. The number of rotatable bonds is 3. The summed E-state index contributed by atoms with van der Waals surface area (Å²) in [5.74, 6) is 1.01. The number of hydrogen-bond donors (Lipinski definition) is 1. The van der Waals surface area contributed by atoms with Crippen molar-refractivity contribution in [3.05, 3.63) is 60.2 Å². The van der Waals surface area contributed by atoms with Crippen molar-refractivity contribution >= 4 is 18.2 Å². The van der Waals surface area contributed by atoms with Crippen LogP contribution in [0.25, 0.3) is 11.1 Å². The summed E-state index contributed by atoms with van der Waals surface area (Å²) >= 11 is 0. The van der Waals surface area contributed by atoms with E-state index in [2.05, 4.69) is 58.8 Å². The van der Waals surface area contributed by atoms with Gasteiger partial charge in [-0.25, -0.2) is 0 Å². The van der Waals surface area contributed by atoms with Crippen LogP contribution >= 0.6 is 12.4 Å². The lowest BCUT2D eigenvalue weighted by Gasteiger charge is -2.07. The predicted octanol–water partition coefficient (Wildman–Crippen LogP) is 3.22. The molecule has 0 amide bonds. The molecule has 2 atom stereocenters. The Balaban J connectivity index is 0.00000132. The predicted molar refractivity (Wildman–Crippen MR) is 87.0 cm³/mol. The van der Waals surface area contributed by atoms with E-state index in [1.54, 1.807) is 0 Å². The van der Waals surface area contributed by atoms with E-state index in [1.807, 2.05) is 6.07 Å². The molecule has 0 spiro atoms. The molecule has 2 heterocycles. The molecule has 2 aliphatic heterocycles. The van der Waals surface area contributed by atoms with Crippen molar-refractivity contribution in [2.75, 3.05) is 13.1 Å². The Kier molecular flexibility index (Phi) is 3.95. The smallest absolute Gasteiger partial charge is 0.146 e. The fourth-order valence-electron chi connectivity index (χ4n) is 2.79. The first-order valence-electron chi connectivity index (χ1n) is 7.01. The van der Waals surface area contributed by atoms with Crippen LogP contribution in [-0.4, -0.2) is 25.0 Å². The molecule has 0 radical (unpaired) electrons. The third-order valence-electron chi connectivity index (χ3n) is 3.81. The van der Waals surface area contributed by atoms with Gasteiger partial charge in [0.1, 0.15) is 18.0 Å². The number of hydrogen-bond acceptors (Lipinski definition) is 3. The number of benzene rings is 2. The first kappa shape index (κ1) is 14.1. The highest BCUT2D eigenvalue weighted by Gasteiger charge is 2.45. The number of halogens is 1. The van der Waals surface area contributed by atoms with Crippen molar-refractivity contribution in [1.82, 2.24) is 5.32 Å². The zero-order valence-corrected chi connectivity index (χ0v) is 12.3. The summed E-state index contributed by atoms with van der Waals surface area (Å²) in [4.78, 5) is 4.46. The summed E-state index contributed by atoms with van der Waals surface area (Å²) < 4.78 is 5.86. The minimum atomic E-state index is 0. The Morgan fingerprint density at radius 3 is 2.48 bits per heavy atom. The van der Waals surface area contributed by atoms with Gasteiger partial charge in [-0.1, -0.05) is 54.6 Å². The van der Waals surface area contributed by atoms with Crippen molar-refractivity contribution in [3.8, 4) is 11.1 Å². The van der Waals surface area contributed by atoms with Crippen LogP contribution in [0.4, 0.5) is 0 Å². The maximum absolute atomic E-state index is 5.86. The van der Waals surface area contributed by atoms with Crippen LogP contribution in [0.3, 0.4) is 0 Å². The molecule has 4 heteroatoms. The van der Waals surface area contributed by atoms with Gasteiger partial charge >= 0.3 is 0 Å². The molecule has 2 aromatic rings. The van der Waals surface area contributed by atoms with Crippen LogP contribution < -0.4 is 5.32 Å². The molecule has 3 nitrogen and oxygen atoms in total. The van der Waals surface area contributed by atoms with Gasteiger partial charge < -0.3 is 10.1 Å². The Hall–Kier alpha value is -1.84. The van der Waals surface area contributed by atoms with Gasteiger partial charge in [0.25, 0.3) is 0 Å². The molecule has 4 rings (SSSR count). The molecule has 0 aliphatic carbocycles. The molecule has 2 aromatic carbocycles. The third kappa shape index (κ3) is 2.67. The molecule has 0 aromatic heterocycles. The normalized spacial score (nSPS) is 23.0. The molecular weight excluding hydrogens is 284 g/mol. The van der Waals surface area contributed by atoms with Crippen LogP contribution in [0.1, 0.15) is 11.7 Å². The molecule has 2 aliphatic rings. The minimum absolute atomic E-state index is 0. The van der Waals surface area contributed by atoms with E-state index in [0.29, 0.717) is 0 Å². The average molecular weight is 301 g/mol. The summed E-state index contributed by atoms with van der Waals surface area (Å²) in [5, 5.41) is 3.30. The fraction of sp³-hybridized carbons (Fsp3) is 0.235. The fourth-order valence-corrected chi connectivity index (χ4v) is 2.79. The average Bonchev–Trinajstić information content (AvgIpc) is 3.13. The lowest BCUT2D eigenvalue weighted by Crippen LogP contribution is -2.23. The van der Waals surface area contributed by atoms with Gasteiger partial charge in [0.15, 0.2) is 0 Å². The summed E-state index contributed by atoms with van der Waals surface area (Å²) in [6.45, 7) is 1.80. The van der Waals surface area contributed by atoms with E-state index in [4.69, 9.17) is 4.74 Å². The molecule has 1 saturated heterocycles. The van der Waals surface area contributed by atoms with E-state index >= 15 is 0 Å². The van der Waals surface area contributed by atoms with Crippen molar-refractivity contribution in [2.24, 2.45) is 4.99 Å². The Labute approximate surface area is 130 Å². The van der Waals surface area contributed by atoms with Crippen LogP contribution in [0, 0.1) is 0 Å². The Bertz CT molecular complexity index is 657. The van der Waals surface area contributed by atoms with E-state index in [0.717, 1.165) is 18.9 Å². The van der Waals surface area contributed by atoms with Crippen molar-refractivity contribution < 1.29 is 4.74 Å². The van der Waals surface area contributed by atoms with Crippen molar-refractivity contribution in [1.29, 1.82) is 0 Å². The van der Waals surface area contributed by atoms with Crippen LogP contribution in [0.2, 0.25) is 0 Å². The first-order chi connectivity index (χ1) is 9.93. The molecule has 1 fully saturated rings. The Morgan fingerprint density at radius 1 is 0.952 bits per heavy atom. The number of nitrogens with zero attached hydrogens (tertiary/aromatic N) is 1. The molecular formula is C17H17ClN2O. The van der Waals surface area contributed by atoms with Crippen molar-refractivity contribution in [3.63, 3.8) is 0 Å². The lowest BCUT2D eigenvalue weighted by atomic mass is 9.96. The van der Waals surface area contributed by atoms with Gasteiger partial charge in [0.2, 0.25) is 0 Å². The lowest BCUT2D eigenvalue weighted by molar-refractivity contribution is 0.399. The van der Waals surface area contributed by atoms with Gasteiger partial charge in [-0.05, 0) is 16.7 Å². The highest BCUT2D eigenvalue weighted by molar-refractivity contribution is 5.91. The number of nitrogens with one attached hydrogen (secondary N) is 1. The van der Waals surface area contributed by atoms with Gasteiger partial charge in [-0.2, -0.15) is 0 Å². The van der Waals surface area contributed by atoms with E-state index in [-0.39, 0.29) is 24.6 Å². The topological polar surface area (TPSA) is 36.9 Å². The Morgan fingerprint density at radius 2 is 1.71 bits per heavy atom. The number of epoxide rings is 1. The zero-order chi connectivity index (χ0) is 13.4. The van der Waals surface area contributed by atoms with Crippen molar-refractivity contribution in [2.45, 2.75) is 12.2 Å². The highest BCUT2D eigenvalue weighted by atomic mass is 35.5. The maximum atomic E-state index is 5.86. The van der Waals surface area contributed by atoms with E-state index in [9.17, 15) is 0 Å². The minimum Gasteiger partial charge on any atom is -0.370 e. The summed E-state index contributed by atoms with van der Waals surface area (Å²) in [6.07, 6.45) is 0.248. The SMILES string of the molecule is Cl.c1ccc(-c2ccccc2C2OC2C2=NCCN2)cc1. The summed E-state index contributed by atoms with van der Waals surface area (Å²) in [5.41, 5.74) is 3.73. The van der Waals surface area contributed by atoms with Gasteiger partial charge in [-0.3, -0.25) is 4.99 Å². The second-order valence-corrected chi connectivity index (χ2v) is 5.12. The quantitative estimate of drug-likeness (QED) is 0.884. The van der Waals surface area contributed by atoms with E-state index < -0.39 is 0 Å². The third-order valence-corrected chi connectivity index (χ3v) is 3.81. The van der Waals surface area contributed by atoms with Gasteiger partial charge in [-0.15, -0.1) is 12.4 Å². The number of ether oxygens (including phenoxy) is 1. The second kappa shape index (κ2) is 5.88. The van der Waals surface area contributed by atoms with Crippen LogP contribution in [0.15, 0.2) is 59.6 Å². The van der Waals surface area contributed by atoms with Gasteiger partial charge in [0, 0.05) is 6.54 Å². The van der Waals surface area contributed by atoms with Crippen LogP contribution in [0.5, 0.6) is 0 Å². The molecule has 21 heavy (non-hydrogen) atoms. The maximum Gasteiger partial charge on any atom is 0.146 e.